The average Bonchev–Trinajstić information content (AvgIpc) is 2.30. The summed E-state index contributed by atoms with van der Waals surface area (Å²) < 4.78 is 11.2. The minimum atomic E-state index is -0.661. The molecule has 5 heteroatoms. The molecule has 0 spiro atoms. The molecule has 1 aromatic carbocycles. The van der Waals surface area contributed by atoms with E-state index in [1.807, 2.05) is 18.2 Å². The van der Waals surface area contributed by atoms with Gasteiger partial charge in [-0.25, -0.2) is 0 Å². The first-order valence-corrected chi connectivity index (χ1v) is 7.06. The molecule has 0 saturated carbocycles. The third-order valence-corrected chi connectivity index (χ3v) is 4.38. The Morgan fingerprint density at radius 3 is 2.62 bits per heavy atom. The molecule has 2 rings (SSSR count). The van der Waals surface area contributed by atoms with Crippen molar-refractivity contribution in [2.75, 3.05) is 29.5 Å². The van der Waals surface area contributed by atoms with E-state index in [0.29, 0.717) is 5.02 Å². The second-order valence-electron chi connectivity index (χ2n) is 3.77. The van der Waals surface area contributed by atoms with E-state index in [0.717, 1.165) is 35.8 Å². The molecule has 0 aliphatic carbocycles. The molecule has 0 bridgehead atoms. The molecule has 0 amide bonds. The molecule has 1 aromatic rings. The fraction of sp³-hybridized carbons (Fsp3) is 0.455. The Balaban J connectivity index is 2.15. The molecule has 1 saturated heterocycles. The molecule has 1 aliphatic rings. The van der Waals surface area contributed by atoms with E-state index in [9.17, 15) is 4.21 Å². The number of anilines is 1. The Morgan fingerprint density at radius 2 is 2.06 bits per heavy atom. The van der Waals surface area contributed by atoms with Crippen molar-refractivity contribution in [3.8, 4) is 0 Å². The minimum absolute atomic E-state index is 0.0386. The van der Waals surface area contributed by atoms with Crippen LogP contribution in [0.25, 0.3) is 0 Å². The van der Waals surface area contributed by atoms with Crippen LogP contribution in [-0.2, 0) is 17.4 Å². The number of aliphatic hydroxyl groups excluding tert-OH is 1. The molecular formula is C11H14ClNO2S. The number of hydrogen-bond acceptors (Lipinski definition) is 3. The molecular weight excluding hydrogens is 246 g/mol. The smallest absolute Gasteiger partial charge is 0.0696 e. The summed E-state index contributed by atoms with van der Waals surface area (Å²) in [5.41, 5.74) is 1.78. The van der Waals surface area contributed by atoms with Gasteiger partial charge >= 0.3 is 0 Å². The van der Waals surface area contributed by atoms with Crippen molar-refractivity contribution < 1.29 is 9.32 Å². The van der Waals surface area contributed by atoms with Crippen LogP contribution in [0.15, 0.2) is 18.2 Å². The lowest BCUT2D eigenvalue weighted by molar-refractivity contribution is 0.282. The van der Waals surface area contributed by atoms with Crippen molar-refractivity contribution in [1.82, 2.24) is 0 Å². The molecule has 3 nitrogen and oxygen atoms in total. The molecule has 1 fully saturated rings. The number of aliphatic hydroxyl groups is 1. The predicted octanol–water partition coefficient (Wildman–Crippen LogP) is 1.40. The normalized spacial score (nSPS) is 17.8. The van der Waals surface area contributed by atoms with Crippen LogP contribution < -0.4 is 4.90 Å². The first-order chi connectivity index (χ1) is 7.70. The lowest BCUT2D eigenvalue weighted by Crippen LogP contribution is -2.37. The van der Waals surface area contributed by atoms with Gasteiger partial charge in [0.05, 0.1) is 6.61 Å². The van der Waals surface area contributed by atoms with E-state index in [4.69, 9.17) is 16.7 Å². The van der Waals surface area contributed by atoms with Gasteiger partial charge in [-0.3, -0.25) is 4.21 Å². The van der Waals surface area contributed by atoms with Crippen LogP contribution in [0.2, 0.25) is 5.02 Å². The van der Waals surface area contributed by atoms with E-state index >= 15 is 0 Å². The summed E-state index contributed by atoms with van der Waals surface area (Å²) in [5, 5.41) is 9.61. The maximum atomic E-state index is 11.2. The number of rotatable bonds is 2. The molecule has 16 heavy (non-hydrogen) atoms. The van der Waals surface area contributed by atoms with Gasteiger partial charge in [0.15, 0.2) is 0 Å². The largest absolute Gasteiger partial charge is 0.392 e. The third kappa shape index (κ3) is 2.56. The van der Waals surface area contributed by atoms with Gasteiger partial charge in [-0.1, -0.05) is 17.7 Å². The SMILES string of the molecule is O=S1CCN(c2ccc(CO)c(Cl)c2)CC1. The highest BCUT2D eigenvalue weighted by atomic mass is 35.5. The number of halogens is 1. The number of benzene rings is 1. The topological polar surface area (TPSA) is 40.5 Å². The van der Waals surface area contributed by atoms with Crippen molar-refractivity contribution in [1.29, 1.82) is 0 Å². The lowest BCUT2D eigenvalue weighted by atomic mass is 10.2. The van der Waals surface area contributed by atoms with Gasteiger partial charge in [0.25, 0.3) is 0 Å². The van der Waals surface area contributed by atoms with Gasteiger partial charge in [-0.15, -0.1) is 0 Å². The Bertz CT molecular complexity index is 401. The van der Waals surface area contributed by atoms with Crippen LogP contribution in [0.1, 0.15) is 5.56 Å². The molecule has 0 aromatic heterocycles. The zero-order valence-electron chi connectivity index (χ0n) is 8.86. The van der Waals surface area contributed by atoms with Crippen LogP contribution >= 0.6 is 11.6 Å². The fourth-order valence-corrected chi connectivity index (χ4v) is 3.04. The first-order valence-electron chi connectivity index (χ1n) is 5.20. The van der Waals surface area contributed by atoms with E-state index in [2.05, 4.69) is 4.90 Å². The van der Waals surface area contributed by atoms with Crippen molar-refractivity contribution in [2.45, 2.75) is 6.61 Å². The highest BCUT2D eigenvalue weighted by Crippen LogP contribution is 2.24. The third-order valence-electron chi connectivity index (χ3n) is 2.75. The Labute approximate surface area is 102 Å². The van der Waals surface area contributed by atoms with E-state index in [1.165, 1.54) is 0 Å². The highest BCUT2D eigenvalue weighted by Gasteiger charge is 2.16. The summed E-state index contributed by atoms with van der Waals surface area (Å²) in [7, 11) is -0.661. The minimum Gasteiger partial charge on any atom is -0.392 e. The zero-order chi connectivity index (χ0) is 11.5. The van der Waals surface area contributed by atoms with Gasteiger partial charge in [0.2, 0.25) is 0 Å². The van der Waals surface area contributed by atoms with Crippen LogP contribution in [0.3, 0.4) is 0 Å². The standard InChI is InChI=1S/C11H14ClNO2S/c12-11-7-10(2-1-9(11)8-14)13-3-5-16(15)6-4-13/h1-2,7,14H,3-6,8H2. The summed E-state index contributed by atoms with van der Waals surface area (Å²) in [5.74, 6) is 1.44. The Kier molecular flexibility index (Phi) is 3.84. The van der Waals surface area contributed by atoms with Crippen molar-refractivity contribution in [3.63, 3.8) is 0 Å². The fourth-order valence-electron chi connectivity index (χ4n) is 1.76. The van der Waals surface area contributed by atoms with Crippen molar-refractivity contribution in [3.05, 3.63) is 28.8 Å². The van der Waals surface area contributed by atoms with E-state index in [1.54, 1.807) is 0 Å². The van der Waals surface area contributed by atoms with Crippen molar-refractivity contribution >= 4 is 28.1 Å². The van der Waals surface area contributed by atoms with E-state index in [-0.39, 0.29) is 6.61 Å². The Morgan fingerprint density at radius 1 is 1.38 bits per heavy atom. The molecule has 88 valence electrons. The van der Waals surface area contributed by atoms with Crippen molar-refractivity contribution in [2.24, 2.45) is 0 Å². The Hall–Kier alpha value is -0.580. The quantitative estimate of drug-likeness (QED) is 0.873. The van der Waals surface area contributed by atoms with Gasteiger partial charge < -0.3 is 10.0 Å². The van der Waals surface area contributed by atoms with E-state index < -0.39 is 10.8 Å². The molecule has 1 heterocycles. The van der Waals surface area contributed by atoms with Crippen LogP contribution in [0.4, 0.5) is 5.69 Å². The predicted molar refractivity (Wildman–Crippen MR) is 67.5 cm³/mol. The second kappa shape index (κ2) is 5.17. The summed E-state index contributed by atoms with van der Waals surface area (Å²) in [6, 6.07) is 5.65. The monoisotopic (exact) mass is 259 g/mol. The summed E-state index contributed by atoms with van der Waals surface area (Å²) in [6.45, 7) is 1.58. The molecule has 1 aliphatic heterocycles. The first kappa shape index (κ1) is 11.9. The average molecular weight is 260 g/mol. The summed E-state index contributed by atoms with van der Waals surface area (Å²) >= 11 is 6.03. The lowest BCUT2D eigenvalue weighted by Gasteiger charge is -2.28. The van der Waals surface area contributed by atoms with Crippen LogP contribution in [-0.4, -0.2) is 33.9 Å². The molecule has 0 unspecified atom stereocenters. The van der Waals surface area contributed by atoms with Gasteiger partial charge in [-0.2, -0.15) is 0 Å². The zero-order valence-corrected chi connectivity index (χ0v) is 10.4. The van der Waals surface area contributed by atoms with Gasteiger partial charge in [-0.05, 0) is 17.7 Å². The number of hydrogen-bond donors (Lipinski definition) is 1. The molecule has 1 N–H and O–H groups in total. The highest BCUT2D eigenvalue weighted by molar-refractivity contribution is 7.85. The van der Waals surface area contributed by atoms with Gasteiger partial charge in [0, 0.05) is 46.1 Å². The summed E-state index contributed by atoms with van der Waals surface area (Å²) in [4.78, 5) is 2.18. The maximum Gasteiger partial charge on any atom is 0.0696 e. The molecule has 0 atom stereocenters. The van der Waals surface area contributed by atoms with Crippen LogP contribution in [0, 0.1) is 0 Å². The molecule has 0 radical (unpaired) electrons. The summed E-state index contributed by atoms with van der Waals surface area (Å²) in [6.07, 6.45) is 0. The second-order valence-corrected chi connectivity index (χ2v) is 5.87. The van der Waals surface area contributed by atoms with Gasteiger partial charge in [0.1, 0.15) is 0 Å². The number of nitrogens with zero attached hydrogens (tertiary/aromatic N) is 1. The van der Waals surface area contributed by atoms with Crippen LogP contribution in [0.5, 0.6) is 0 Å². The maximum absolute atomic E-state index is 11.2.